The van der Waals surface area contributed by atoms with Crippen LogP contribution < -0.4 is 5.32 Å². The molecule has 156 valence electrons. The van der Waals surface area contributed by atoms with E-state index in [4.69, 9.17) is 9.47 Å². The number of hydrogen-bond donors (Lipinski definition) is 2. The largest absolute Gasteiger partial charge is 0.469 e. The second kappa shape index (κ2) is 12.9. The first-order chi connectivity index (χ1) is 13.3. The molecule has 0 bridgehead atoms. The van der Waals surface area contributed by atoms with Crippen LogP contribution in [-0.2, 0) is 35.0 Å². The zero-order valence-corrected chi connectivity index (χ0v) is 16.7. The van der Waals surface area contributed by atoms with Crippen LogP contribution in [0.15, 0.2) is 30.3 Å². The van der Waals surface area contributed by atoms with Gasteiger partial charge in [0.15, 0.2) is 6.73 Å². The summed E-state index contributed by atoms with van der Waals surface area (Å²) in [5.74, 6) is -1.03. The first-order valence-corrected chi connectivity index (χ1v) is 10.8. The summed E-state index contributed by atoms with van der Waals surface area (Å²) in [5, 5.41) is 2.28. The zero-order valence-electron chi connectivity index (χ0n) is 15.8. The molecule has 1 unspecified atom stereocenters. The Morgan fingerprint density at radius 1 is 1.00 bits per heavy atom. The van der Waals surface area contributed by atoms with Gasteiger partial charge < -0.3 is 19.1 Å². The molecule has 0 radical (unpaired) electrons. The Morgan fingerprint density at radius 2 is 1.61 bits per heavy atom. The van der Waals surface area contributed by atoms with Crippen LogP contribution in [0.25, 0.3) is 0 Å². The number of hydrogen-bond acceptors (Lipinski definition) is 7. The topological polar surface area (TPSA) is 128 Å². The molecule has 1 atom stereocenters. The monoisotopic (exact) mass is 415 g/mol. The van der Waals surface area contributed by atoms with Gasteiger partial charge in [-0.15, -0.1) is 0 Å². The second-order valence-corrected chi connectivity index (χ2v) is 8.56. The van der Waals surface area contributed by atoms with Crippen molar-refractivity contribution >= 4 is 25.4 Å². The quantitative estimate of drug-likeness (QED) is 0.231. The summed E-state index contributed by atoms with van der Waals surface area (Å²) in [6.07, 6.45) is -0.329. The SMILES string of the molecule is COC(=O)CCCP(=O)(O)CCCC(=O)OCNC(=O)OCc1ccccc1. The number of benzene rings is 1. The lowest BCUT2D eigenvalue weighted by atomic mass is 10.2. The summed E-state index contributed by atoms with van der Waals surface area (Å²) in [6.45, 7) is -0.245. The molecule has 0 spiro atoms. The fourth-order valence-electron chi connectivity index (χ4n) is 2.18. The van der Waals surface area contributed by atoms with Gasteiger partial charge in [-0.05, 0) is 18.4 Å². The minimum absolute atomic E-state index is 0.00798. The van der Waals surface area contributed by atoms with Crippen molar-refractivity contribution in [2.75, 3.05) is 26.2 Å². The van der Waals surface area contributed by atoms with Crippen LogP contribution in [0.3, 0.4) is 0 Å². The van der Waals surface area contributed by atoms with Crippen LogP contribution in [0.1, 0.15) is 31.2 Å². The van der Waals surface area contributed by atoms with E-state index in [9.17, 15) is 23.8 Å². The summed E-state index contributed by atoms with van der Waals surface area (Å²) >= 11 is 0. The third kappa shape index (κ3) is 11.4. The predicted molar refractivity (Wildman–Crippen MR) is 101 cm³/mol. The molecule has 0 saturated heterocycles. The van der Waals surface area contributed by atoms with E-state index in [-0.39, 0.29) is 51.3 Å². The van der Waals surface area contributed by atoms with E-state index in [1.54, 1.807) is 0 Å². The van der Waals surface area contributed by atoms with Gasteiger partial charge in [0.25, 0.3) is 0 Å². The first kappa shape index (κ1) is 23.7. The van der Waals surface area contributed by atoms with Gasteiger partial charge in [0.1, 0.15) is 6.61 Å². The van der Waals surface area contributed by atoms with Crippen LogP contribution in [0.5, 0.6) is 0 Å². The van der Waals surface area contributed by atoms with Crippen LogP contribution >= 0.6 is 7.37 Å². The molecule has 0 aromatic heterocycles. The number of carbonyl (C=O) groups excluding carboxylic acids is 3. The van der Waals surface area contributed by atoms with Crippen molar-refractivity contribution < 1.29 is 38.1 Å². The van der Waals surface area contributed by atoms with Gasteiger partial charge in [-0.3, -0.25) is 19.5 Å². The summed E-state index contributed by atoms with van der Waals surface area (Å²) in [4.78, 5) is 43.8. The van der Waals surface area contributed by atoms with Gasteiger partial charge in [0.05, 0.1) is 7.11 Å². The molecule has 10 heteroatoms. The number of methoxy groups -OCH3 is 1. The van der Waals surface area contributed by atoms with Crippen molar-refractivity contribution in [1.82, 2.24) is 5.32 Å². The highest BCUT2D eigenvalue weighted by molar-refractivity contribution is 7.57. The molecule has 0 aliphatic heterocycles. The molecule has 0 saturated carbocycles. The highest BCUT2D eigenvalue weighted by Crippen LogP contribution is 2.42. The van der Waals surface area contributed by atoms with Crippen LogP contribution in [0.2, 0.25) is 0 Å². The molecule has 0 aliphatic rings. The molecular formula is C18H26NO8P. The Hall–Kier alpha value is -2.38. The lowest BCUT2D eigenvalue weighted by Gasteiger charge is -2.11. The minimum atomic E-state index is -3.40. The van der Waals surface area contributed by atoms with E-state index >= 15 is 0 Å². The van der Waals surface area contributed by atoms with Crippen molar-refractivity contribution in [3.05, 3.63) is 35.9 Å². The van der Waals surface area contributed by atoms with E-state index in [1.807, 2.05) is 30.3 Å². The number of ether oxygens (including phenoxy) is 3. The summed E-state index contributed by atoms with van der Waals surface area (Å²) in [6, 6.07) is 9.11. The smallest absolute Gasteiger partial charge is 0.410 e. The Bertz CT molecular complexity index is 679. The maximum Gasteiger partial charge on any atom is 0.410 e. The van der Waals surface area contributed by atoms with Crippen LogP contribution in [0, 0.1) is 0 Å². The van der Waals surface area contributed by atoms with Gasteiger partial charge in [0.2, 0.25) is 7.37 Å². The summed E-state index contributed by atoms with van der Waals surface area (Å²) in [7, 11) is -2.15. The fourth-order valence-corrected chi connectivity index (χ4v) is 3.70. The number of esters is 2. The molecule has 9 nitrogen and oxygen atoms in total. The van der Waals surface area contributed by atoms with Gasteiger partial charge in [-0.2, -0.15) is 0 Å². The normalized spacial score (nSPS) is 12.5. The number of nitrogens with one attached hydrogen (secondary N) is 1. The second-order valence-electron chi connectivity index (χ2n) is 5.98. The lowest BCUT2D eigenvalue weighted by molar-refractivity contribution is -0.144. The van der Waals surface area contributed by atoms with Gasteiger partial charge >= 0.3 is 18.0 Å². The highest BCUT2D eigenvalue weighted by atomic mass is 31.2. The van der Waals surface area contributed by atoms with E-state index in [1.165, 1.54) is 7.11 Å². The predicted octanol–water partition coefficient (Wildman–Crippen LogP) is 2.42. The standard InChI is InChI=1S/C18H26NO8P/c1-25-16(20)9-5-11-28(23,24)12-6-10-17(21)27-14-19-18(22)26-13-15-7-3-2-4-8-15/h2-4,7-8H,5-6,9-14H2,1H3,(H,19,22)(H,23,24). The number of alkyl carbamates (subject to hydrolysis) is 1. The van der Waals surface area contributed by atoms with Crippen molar-refractivity contribution in [1.29, 1.82) is 0 Å². The molecule has 1 aromatic carbocycles. The summed E-state index contributed by atoms with van der Waals surface area (Å²) < 4.78 is 26.2. The first-order valence-electron chi connectivity index (χ1n) is 8.80. The van der Waals surface area contributed by atoms with Crippen LogP contribution in [-0.4, -0.2) is 49.1 Å². The molecule has 0 heterocycles. The summed E-state index contributed by atoms with van der Waals surface area (Å²) in [5.41, 5.74) is 0.828. The third-order valence-electron chi connectivity index (χ3n) is 3.67. The fraction of sp³-hybridized carbons (Fsp3) is 0.500. The van der Waals surface area contributed by atoms with Crippen LogP contribution in [0.4, 0.5) is 4.79 Å². The van der Waals surface area contributed by atoms with E-state index in [2.05, 4.69) is 10.1 Å². The van der Waals surface area contributed by atoms with Crippen molar-refractivity contribution in [2.45, 2.75) is 32.3 Å². The third-order valence-corrected chi connectivity index (χ3v) is 5.70. The number of amides is 1. The van der Waals surface area contributed by atoms with Gasteiger partial charge in [-0.25, -0.2) is 4.79 Å². The lowest BCUT2D eigenvalue weighted by Crippen LogP contribution is -2.28. The molecule has 0 fully saturated rings. The van der Waals surface area contributed by atoms with Crippen molar-refractivity contribution in [3.8, 4) is 0 Å². The average molecular weight is 415 g/mol. The Kier molecular flexibility index (Phi) is 10.9. The molecule has 28 heavy (non-hydrogen) atoms. The molecule has 2 N–H and O–H groups in total. The Labute approximate surface area is 163 Å². The molecular weight excluding hydrogens is 389 g/mol. The highest BCUT2D eigenvalue weighted by Gasteiger charge is 2.19. The molecule has 1 rings (SSSR count). The van der Waals surface area contributed by atoms with E-state index in [0.29, 0.717) is 0 Å². The molecule has 0 aliphatic carbocycles. The Balaban J connectivity index is 2.10. The minimum Gasteiger partial charge on any atom is -0.469 e. The van der Waals surface area contributed by atoms with Crippen molar-refractivity contribution in [2.24, 2.45) is 0 Å². The maximum absolute atomic E-state index is 11.9. The van der Waals surface area contributed by atoms with Gasteiger partial charge in [-0.1, -0.05) is 30.3 Å². The van der Waals surface area contributed by atoms with E-state index < -0.39 is 25.4 Å². The van der Waals surface area contributed by atoms with Gasteiger partial charge in [0, 0.05) is 25.2 Å². The molecule has 1 aromatic rings. The average Bonchev–Trinajstić information content (AvgIpc) is 2.66. The van der Waals surface area contributed by atoms with E-state index in [0.717, 1.165) is 5.56 Å². The number of carbonyl (C=O) groups is 3. The zero-order chi connectivity index (χ0) is 20.8. The molecule has 1 amide bonds. The Morgan fingerprint density at radius 3 is 2.21 bits per heavy atom. The number of rotatable bonds is 12. The van der Waals surface area contributed by atoms with Crippen molar-refractivity contribution in [3.63, 3.8) is 0 Å². The maximum atomic E-state index is 11.9.